The number of hydrogen-bond acceptors (Lipinski definition) is 7. The van der Waals surface area contributed by atoms with Gasteiger partial charge in [-0.3, -0.25) is 4.68 Å². The summed E-state index contributed by atoms with van der Waals surface area (Å²) in [6.07, 6.45) is 3.67. The molecule has 5 rings (SSSR count). The van der Waals surface area contributed by atoms with Gasteiger partial charge in [-0.05, 0) is 41.3 Å². The van der Waals surface area contributed by atoms with E-state index in [1.807, 2.05) is 37.5 Å². The number of benzene rings is 2. The normalized spacial score (nSPS) is 16.8. The summed E-state index contributed by atoms with van der Waals surface area (Å²) in [6, 6.07) is 12.1. The van der Waals surface area contributed by atoms with Gasteiger partial charge in [0.2, 0.25) is 5.95 Å². The first-order valence-corrected chi connectivity index (χ1v) is 10.9. The van der Waals surface area contributed by atoms with Crippen molar-refractivity contribution in [2.24, 2.45) is 13.0 Å². The molecule has 3 heterocycles. The van der Waals surface area contributed by atoms with E-state index in [4.69, 9.17) is 0 Å². The number of aromatic hydroxyl groups is 1. The lowest BCUT2D eigenvalue weighted by molar-refractivity contribution is 0.365. The zero-order chi connectivity index (χ0) is 22.2. The number of aryl methyl sites for hydroxylation is 1. The maximum absolute atomic E-state index is 10.7. The Labute approximate surface area is 186 Å². The van der Waals surface area contributed by atoms with Crippen LogP contribution in [0.1, 0.15) is 13.8 Å². The van der Waals surface area contributed by atoms with Crippen molar-refractivity contribution in [3.05, 3.63) is 48.8 Å². The van der Waals surface area contributed by atoms with Crippen molar-refractivity contribution in [3.8, 4) is 28.1 Å². The van der Waals surface area contributed by atoms with E-state index in [1.54, 1.807) is 16.9 Å². The molecule has 1 atom stereocenters. The molecule has 0 bridgehead atoms. The number of piperazine rings is 1. The van der Waals surface area contributed by atoms with Crippen LogP contribution in [0.15, 0.2) is 48.8 Å². The van der Waals surface area contributed by atoms with Crippen LogP contribution in [0.5, 0.6) is 5.75 Å². The minimum atomic E-state index is 0.152. The van der Waals surface area contributed by atoms with Crippen LogP contribution < -0.4 is 10.2 Å². The lowest BCUT2D eigenvalue weighted by Gasteiger charge is -2.35. The molecule has 1 aliphatic rings. The maximum atomic E-state index is 10.7. The van der Waals surface area contributed by atoms with Crippen LogP contribution in [0.2, 0.25) is 0 Å². The minimum absolute atomic E-state index is 0.152. The van der Waals surface area contributed by atoms with Crippen LogP contribution in [0.4, 0.5) is 5.95 Å². The molecule has 1 aliphatic heterocycles. The molecule has 164 valence electrons. The predicted molar refractivity (Wildman–Crippen MR) is 125 cm³/mol. The van der Waals surface area contributed by atoms with Gasteiger partial charge < -0.3 is 15.3 Å². The molecule has 0 aliphatic carbocycles. The molecule has 32 heavy (non-hydrogen) atoms. The molecule has 8 heteroatoms. The van der Waals surface area contributed by atoms with Crippen molar-refractivity contribution in [3.63, 3.8) is 0 Å². The fraction of sp³-hybridized carbons (Fsp3) is 0.333. The summed E-state index contributed by atoms with van der Waals surface area (Å²) in [4.78, 5) is 6.70. The third-order valence-corrected chi connectivity index (χ3v) is 6.07. The molecule has 8 nitrogen and oxygen atoms in total. The highest BCUT2D eigenvalue weighted by Gasteiger charge is 2.23. The third kappa shape index (κ3) is 3.89. The van der Waals surface area contributed by atoms with Crippen molar-refractivity contribution in [2.45, 2.75) is 19.9 Å². The Bertz CT molecular complexity index is 1250. The van der Waals surface area contributed by atoms with E-state index in [0.717, 1.165) is 41.7 Å². The van der Waals surface area contributed by atoms with E-state index < -0.39 is 0 Å². The quantitative estimate of drug-likeness (QED) is 0.515. The Hall–Kier alpha value is -3.52. The zero-order valence-electron chi connectivity index (χ0n) is 18.5. The van der Waals surface area contributed by atoms with Gasteiger partial charge in [-0.1, -0.05) is 26.0 Å². The van der Waals surface area contributed by atoms with Gasteiger partial charge in [-0.2, -0.15) is 5.10 Å². The lowest BCUT2D eigenvalue weighted by Crippen LogP contribution is -2.53. The van der Waals surface area contributed by atoms with Gasteiger partial charge in [0, 0.05) is 49.9 Å². The SMILES string of the molecule is CC(C)[C@H]1CN(c2ncc(-c3ccc(-c4ccc5nn(C)cc5c4)cc3O)nn2)CCN1. The topological polar surface area (TPSA) is 92.0 Å². The number of aromatic nitrogens is 5. The summed E-state index contributed by atoms with van der Waals surface area (Å²) in [5.41, 5.74) is 4.06. The second-order valence-corrected chi connectivity index (χ2v) is 8.70. The number of phenols is 1. The monoisotopic (exact) mass is 429 g/mol. The van der Waals surface area contributed by atoms with E-state index in [2.05, 4.69) is 50.4 Å². The first-order valence-electron chi connectivity index (χ1n) is 10.9. The summed E-state index contributed by atoms with van der Waals surface area (Å²) >= 11 is 0. The number of phenolic OH excluding ortho intramolecular Hbond substituents is 1. The van der Waals surface area contributed by atoms with Crippen LogP contribution >= 0.6 is 0 Å². The highest BCUT2D eigenvalue weighted by Crippen LogP contribution is 2.33. The van der Waals surface area contributed by atoms with Crippen LogP contribution in [0.25, 0.3) is 33.3 Å². The lowest BCUT2D eigenvalue weighted by atomic mass is 10.0. The Balaban J connectivity index is 1.38. The first kappa shape index (κ1) is 20.4. The standard InChI is InChI=1S/C24H27N7O/c1-15(2)22-14-31(9-8-25-22)24-26-12-21(27-28-24)19-6-4-17(11-23(19)32)16-5-7-20-18(10-16)13-30(3)29-20/h4-7,10-13,15,22,25,32H,8-9,14H2,1-3H3/t22-/m1/s1. The van der Waals surface area contributed by atoms with Gasteiger partial charge in [-0.15, -0.1) is 10.2 Å². The highest BCUT2D eigenvalue weighted by atomic mass is 16.3. The molecule has 4 aromatic rings. The molecule has 0 radical (unpaired) electrons. The van der Waals surface area contributed by atoms with Crippen molar-refractivity contribution >= 4 is 16.9 Å². The molecule has 0 unspecified atom stereocenters. The van der Waals surface area contributed by atoms with E-state index >= 15 is 0 Å². The predicted octanol–water partition coefficient (Wildman–Crippen LogP) is 3.23. The zero-order valence-corrected chi connectivity index (χ0v) is 18.5. The van der Waals surface area contributed by atoms with E-state index in [1.165, 1.54) is 0 Å². The average molecular weight is 430 g/mol. The van der Waals surface area contributed by atoms with Crippen LogP contribution in [0, 0.1) is 5.92 Å². The number of nitrogens with zero attached hydrogens (tertiary/aromatic N) is 6. The molecule has 2 aromatic carbocycles. The Morgan fingerprint density at radius 3 is 2.66 bits per heavy atom. The van der Waals surface area contributed by atoms with Crippen molar-refractivity contribution in [1.82, 2.24) is 30.3 Å². The van der Waals surface area contributed by atoms with Crippen LogP contribution in [-0.2, 0) is 7.05 Å². The average Bonchev–Trinajstić information content (AvgIpc) is 3.18. The molecule has 0 amide bonds. The minimum Gasteiger partial charge on any atom is -0.507 e. The van der Waals surface area contributed by atoms with Gasteiger partial charge in [-0.25, -0.2) is 4.98 Å². The second kappa shape index (κ2) is 8.20. The summed E-state index contributed by atoms with van der Waals surface area (Å²) < 4.78 is 1.80. The van der Waals surface area contributed by atoms with Crippen molar-refractivity contribution < 1.29 is 5.11 Å². The second-order valence-electron chi connectivity index (χ2n) is 8.70. The summed E-state index contributed by atoms with van der Waals surface area (Å²) in [5.74, 6) is 1.32. The van der Waals surface area contributed by atoms with Crippen molar-refractivity contribution in [2.75, 3.05) is 24.5 Å². The molecule has 2 aromatic heterocycles. The van der Waals surface area contributed by atoms with Gasteiger partial charge >= 0.3 is 0 Å². The molecule has 1 saturated heterocycles. The van der Waals surface area contributed by atoms with Gasteiger partial charge in [0.1, 0.15) is 11.4 Å². The Kier molecular flexibility index (Phi) is 5.22. The smallest absolute Gasteiger partial charge is 0.245 e. The van der Waals surface area contributed by atoms with E-state index in [0.29, 0.717) is 29.2 Å². The van der Waals surface area contributed by atoms with Crippen LogP contribution in [-0.4, -0.2) is 55.7 Å². The highest BCUT2D eigenvalue weighted by molar-refractivity contribution is 5.85. The Morgan fingerprint density at radius 1 is 1.09 bits per heavy atom. The van der Waals surface area contributed by atoms with E-state index in [9.17, 15) is 5.11 Å². The Morgan fingerprint density at radius 2 is 1.91 bits per heavy atom. The van der Waals surface area contributed by atoms with E-state index in [-0.39, 0.29) is 5.75 Å². The number of hydrogen-bond donors (Lipinski definition) is 2. The van der Waals surface area contributed by atoms with Gasteiger partial charge in [0.05, 0.1) is 11.7 Å². The number of fused-ring (bicyclic) bond motifs is 1. The third-order valence-electron chi connectivity index (χ3n) is 6.07. The molecule has 0 saturated carbocycles. The molecular formula is C24H27N7O. The van der Waals surface area contributed by atoms with Crippen molar-refractivity contribution in [1.29, 1.82) is 0 Å². The molecule has 1 fully saturated rings. The summed E-state index contributed by atoms with van der Waals surface area (Å²) in [7, 11) is 1.91. The first-order chi connectivity index (χ1) is 15.5. The maximum Gasteiger partial charge on any atom is 0.245 e. The molecule has 2 N–H and O–H groups in total. The molecule has 0 spiro atoms. The fourth-order valence-electron chi connectivity index (χ4n) is 4.20. The summed E-state index contributed by atoms with van der Waals surface area (Å²) in [6.45, 7) is 7.04. The summed E-state index contributed by atoms with van der Waals surface area (Å²) in [5, 5.41) is 28.4. The van der Waals surface area contributed by atoms with Gasteiger partial charge in [0.15, 0.2) is 0 Å². The number of rotatable bonds is 4. The van der Waals surface area contributed by atoms with Crippen LogP contribution in [0.3, 0.4) is 0 Å². The fourth-order valence-corrected chi connectivity index (χ4v) is 4.20. The number of anilines is 1. The van der Waals surface area contributed by atoms with Gasteiger partial charge in [0.25, 0.3) is 0 Å². The largest absolute Gasteiger partial charge is 0.507 e. The molecular weight excluding hydrogens is 402 g/mol. The number of nitrogens with one attached hydrogen (secondary N) is 1.